The summed E-state index contributed by atoms with van der Waals surface area (Å²) in [5.41, 5.74) is 6.42. The molecule has 16 heavy (non-hydrogen) atoms. The summed E-state index contributed by atoms with van der Waals surface area (Å²) in [6.45, 7) is 7.05. The predicted octanol–water partition coefficient (Wildman–Crippen LogP) is 2.48. The fourth-order valence-corrected chi connectivity index (χ4v) is 1.81. The van der Waals surface area contributed by atoms with Gasteiger partial charge in [0.2, 0.25) is 0 Å². The second kappa shape index (κ2) is 5.01. The second-order valence-electron chi connectivity index (χ2n) is 5.07. The molecule has 0 aliphatic heterocycles. The number of primary amides is 1. The molecule has 0 aliphatic rings. The fraction of sp³-hybridized carbons (Fsp3) is 0.462. The lowest BCUT2D eigenvalue weighted by molar-refractivity contribution is 0.243. The van der Waals surface area contributed by atoms with Gasteiger partial charge in [-0.3, -0.25) is 0 Å². The number of urea groups is 1. The largest absolute Gasteiger partial charge is 0.352 e. The Morgan fingerprint density at radius 1 is 1.31 bits per heavy atom. The van der Waals surface area contributed by atoms with Gasteiger partial charge < -0.3 is 11.1 Å². The van der Waals surface area contributed by atoms with Crippen molar-refractivity contribution in [2.75, 3.05) is 6.54 Å². The highest BCUT2D eigenvalue weighted by Crippen LogP contribution is 2.34. The number of amides is 2. The summed E-state index contributed by atoms with van der Waals surface area (Å²) in [5.74, 6) is 0.265. The van der Waals surface area contributed by atoms with Crippen LogP contribution in [0.15, 0.2) is 30.3 Å². The highest BCUT2D eigenvalue weighted by Gasteiger charge is 2.26. The molecule has 1 atom stereocenters. The topological polar surface area (TPSA) is 55.1 Å². The van der Waals surface area contributed by atoms with Crippen molar-refractivity contribution in [3.8, 4) is 0 Å². The fourth-order valence-electron chi connectivity index (χ4n) is 1.81. The average Bonchev–Trinajstić information content (AvgIpc) is 2.17. The molecule has 0 heterocycles. The number of rotatable bonds is 3. The van der Waals surface area contributed by atoms with E-state index in [0.29, 0.717) is 6.54 Å². The Bertz CT molecular complexity index is 341. The van der Waals surface area contributed by atoms with Gasteiger partial charge in [-0.25, -0.2) is 4.79 Å². The van der Waals surface area contributed by atoms with Crippen molar-refractivity contribution < 1.29 is 4.79 Å². The van der Waals surface area contributed by atoms with E-state index in [1.54, 1.807) is 0 Å². The minimum atomic E-state index is -0.467. The number of benzene rings is 1. The Morgan fingerprint density at radius 2 is 1.88 bits per heavy atom. The maximum absolute atomic E-state index is 10.8. The van der Waals surface area contributed by atoms with Crippen molar-refractivity contribution in [2.45, 2.75) is 26.7 Å². The lowest BCUT2D eigenvalue weighted by Gasteiger charge is -2.31. The molecule has 1 unspecified atom stereocenters. The first kappa shape index (κ1) is 12.6. The van der Waals surface area contributed by atoms with Crippen LogP contribution in [0.25, 0.3) is 0 Å². The number of carbonyl (C=O) groups excluding carboxylic acids is 1. The average molecular weight is 220 g/mol. The van der Waals surface area contributed by atoms with Crippen LogP contribution in [-0.2, 0) is 0 Å². The van der Waals surface area contributed by atoms with Crippen LogP contribution in [-0.4, -0.2) is 12.6 Å². The van der Waals surface area contributed by atoms with Crippen molar-refractivity contribution in [3.63, 3.8) is 0 Å². The number of nitrogens with two attached hydrogens (primary N) is 1. The zero-order chi connectivity index (χ0) is 12.2. The van der Waals surface area contributed by atoms with Crippen molar-refractivity contribution >= 4 is 6.03 Å². The third-order valence-electron chi connectivity index (χ3n) is 2.73. The molecule has 0 radical (unpaired) electrons. The molecule has 0 bridgehead atoms. The van der Waals surface area contributed by atoms with Crippen molar-refractivity contribution in [1.29, 1.82) is 0 Å². The summed E-state index contributed by atoms with van der Waals surface area (Å²) in [5, 5.41) is 2.69. The molecular formula is C13H20N2O. The zero-order valence-electron chi connectivity index (χ0n) is 10.2. The summed E-state index contributed by atoms with van der Waals surface area (Å²) in [7, 11) is 0. The van der Waals surface area contributed by atoms with Gasteiger partial charge in [-0.2, -0.15) is 0 Å². The van der Waals surface area contributed by atoms with Crippen LogP contribution in [0.5, 0.6) is 0 Å². The molecule has 3 heteroatoms. The minimum Gasteiger partial charge on any atom is -0.352 e. The van der Waals surface area contributed by atoms with Gasteiger partial charge in [0.25, 0.3) is 0 Å². The first-order valence-electron chi connectivity index (χ1n) is 5.49. The van der Waals surface area contributed by atoms with E-state index >= 15 is 0 Å². The molecule has 3 nitrogen and oxygen atoms in total. The summed E-state index contributed by atoms with van der Waals surface area (Å²) >= 11 is 0. The molecule has 1 aromatic carbocycles. The van der Waals surface area contributed by atoms with Crippen molar-refractivity contribution in [1.82, 2.24) is 5.32 Å². The summed E-state index contributed by atoms with van der Waals surface area (Å²) in [6, 6.07) is 9.71. The van der Waals surface area contributed by atoms with E-state index in [2.05, 4.69) is 38.2 Å². The molecule has 1 aromatic rings. The van der Waals surface area contributed by atoms with Crippen molar-refractivity contribution in [3.05, 3.63) is 35.9 Å². The van der Waals surface area contributed by atoms with Gasteiger partial charge in [0.1, 0.15) is 0 Å². The van der Waals surface area contributed by atoms with Gasteiger partial charge in [-0.05, 0) is 11.0 Å². The molecule has 0 aromatic heterocycles. The standard InChI is InChI=1S/C13H20N2O/c1-13(2,3)11(9-15-12(14)16)10-7-5-4-6-8-10/h4-8,11H,9H2,1-3H3,(H3,14,15,16). The molecular weight excluding hydrogens is 200 g/mol. The van der Waals surface area contributed by atoms with Gasteiger partial charge in [0.05, 0.1) is 0 Å². The van der Waals surface area contributed by atoms with Crippen LogP contribution in [0.3, 0.4) is 0 Å². The van der Waals surface area contributed by atoms with Crippen LogP contribution in [0.2, 0.25) is 0 Å². The lowest BCUT2D eigenvalue weighted by Crippen LogP contribution is -2.36. The van der Waals surface area contributed by atoms with Gasteiger partial charge in [-0.1, -0.05) is 51.1 Å². The molecule has 0 saturated heterocycles. The third kappa shape index (κ3) is 3.57. The van der Waals surface area contributed by atoms with Gasteiger partial charge in [0.15, 0.2) is 0 Å². The van der Waals surface area contributed by atoms with Crippen LogP contribution in [0, 0.1) is 5.41 Å². The SMILES string of the molecule is CC(C)(C)C(CNC(N)=O)c1ccccc1. The Balaban J connectivity index is 2.84. The van der Waals surface area contributed by atoms with E-state index in [0.717, 1.165) is 0 Å². The number of carbonyl (C=O) groups is 1. The molecule has 0 fully saturated rings. The van der Waals surface area contributed by atoms with E-state index in [-0.39, 0.29) is 11.3 Å². The third-order valence-corrected chi connectivity index (χ3v) is 2.73. The highest BCUT2D eigenvalue weighted by atomic mass is 16.2. The minimum absolute atomic E-state index is 0.0871. The molecule has 2 amide bonds. The Morgan fingerprint density at radius 3 is 2.31 bits per heavy atom. The van der Waals surface area contributed by atoms with Gasteiger partial charge >= 0.3 is 6.03 Å². The predicted molar refractivity (Wildman–Crippen MR) is 66.2 cm³/mol. The first-order chi connectivity index (χ1) is 7.41. The monoisotopic (exact) mass is 220 g/mol. The zero-order valence-corrected chi connectivity index (χ0v) is 10.2. The lowest BCUT2D eigenvalue weighted by atomic mass is 9.76. The van der Waals surface area contributed by atoms with E-state index in [1.165, 1.54) is 5.56 Å². The summed E-state index contributed by atoms with van der Waals surface area (Å²) in [6.07, 6.45) is 0. The van der Waals surface area contributed by atoms with E-state index in [9.17, 15) is 4.79 Å². The highest BCUT2D eigenvalue weighted by molar-refractivity contribution is 5.71. The Hall–Kier alpha value is -1.51. The second-order valence-corrected chi connectivity index (χ2v) is 5.07. The quantitative estimate of drug-likeness (QED) is 0.807. The normalized spacial score (nSPS) is 13.2. The van der Waals surface area contributed by atoms with Crippen LogP contribution in [0.1, 0.15) is 32.3 Å². The van der Waals surface area contributed by atoms with Crippen LogP contribution >= 0.6 is 0 Å². The molecule has 0 aliphatic carbocycles. The molecule has 88 valence electrons. The Labute approximate surface area is 97.0 Å². The summed E-state index contributed by atoms with van der Waals surface area (Å²) < 4.78 is 0. The van der Waals surface area contributed by atoms with Crippen molar-refractivity contribution in [2.24, 2.45) is 11.1 Å². The maximum Gasteiger partial charge on any atom is 0.312 e. The molecule has 0 spiro atoms. The maximum atomic E-state index is 10.8. The molecule has 0 saturated carbocycles. The number of hydrogen-bond donors (Lipinski definition) is 2. The van der Waals surface area contributed by atoms with Crippen LogP contribution < -0.4 is 11.1 Å². The molecule has 3 N–H and O–H groups in total. The van der Waals surface area contributed by atoms with Gasteiger partial charge in [-0.15, -0.1) is 0 Å². The summed E-state index contributed by atoms with van der Waals surface area (Å²) in [4.78, 5) is 10.8. The van der Waals surface area contributed by atoms with Gasteiger partial charge in [0, 0.05) is 12.5 Å². The van der Waals surface area contributed by atoms with E-state index in [1.807, 2.05) is 18.2 Å². The Kier molecular flexibility index (Phi) is 3.93. The van der Waals surface area contributed by atoms with Crippen LogP contribution in [0.4, 0.5) is 4.79 Å². The van der Waals surface area contributed by atoms with E-state index < -0.39 is 6.03 Å². The van der Waals surface area contributed by atoms with E-state index in [4.69, 9.17) is 5.73 Å². The molecule has 1 rings (SSSR count). The first-order valence-corrected chi connectivity index (χ1v) is 5.49. The smallest absolute Gasteiger partial charge is 0.312 e. The number of hydrogen-bond acceptors (Lipinski definition) is 1. The number of nitrogens with one attached hydrogen (secondary N) is 1.